The summed E-state index contributed by atoms with van der Waals surface area (Å²) >= 11 is 0. The van der Waals surface area contributed by atoms with E-state index in [4.69, 9.17) is 0 Å². The van der Waals surface area contributed by atoms with Crippen LogP contribution in [0.5, 0.6) is 0 Å². The zero-order chi connectivity index (χ0) is 21.7. The highest BCUT2D eigenvalue weighted by Crippen LogP contribution is 2.22. The zero-order valence-electron chi connectivity index (χ0n) is 16.0. The third-order valence-corrected chi connectivity index (χ3v) is 4.40. The van der Waals surface area contributed by atoms with E-state index in [1.807, 2.05) is 0 Å². The van der Waals surface area contributed by atoms with Gasteiger partial charge in [-0.25, -0.2) is 0 Å². The van der Waals surface area contributed by atoms with E-state index in [2.05, 4.69) is 20.4 Å². The maximum Gasteiger partial charge on any atom is 0.325 e. The molecule has 0 saturated heterocycles. The van der Waals surface area contributed by atoms with Crippen molar-refractivity contribution in [2.24, 2.45) is 0 Å². The average molecular weight is 410 g/mol. The molecule has 1 atom stereocenters. The molecule has 0 bridgehead atoms. The van der Waals surface area contributed by atoms with E-state index >= 15 is 0 Å². The number of fused-ring (bicyclic) bond motifs is 1. The molecule has 154 valence electrons. The minimum Gasteiger partial charge on any atom is -0.468 e. The van der Waals surface area contributed by atoms with Crippen LogP contribution in [0.1, 0.15) is 32.3 Å². The molecule has 0 spiro atoms. The van der Waals surface area contributed by atoms with E-state index in [0.29, 0.717) is 5.56 Å². The highest BCUT2D eigenvalue weighted by molar-refractivity contribution is 6.22. The fourth-order valence-corrected chi connectivity index (χ4v) is 2.91. The van der Waals surface area contributed by atoms with Crippen LogP contribution in [0.2, 0.25) is 0 Å². The zero-order valence-corrected chi connectivity index (χ0v) is 16.0. The SMILES string of the molecule is COC(=O)CNC(=O)[C@H](NC(=O)CN1C(=O)c2ccccc2C1=O)c1cccnc1. The van der Waals surface area contributed by atoms with Gasteiger partial charge in [0.15, 0.2) is 0 Å². The summed E-state index contributed by atoms with van der Waals surface area (Å²) in [4.78, 5) is 66.0. The van der Waals surface area contributed by atoms with Crippen molar-refractivity contribution in [2.75, 3.05) is 20.2 Å². The number of hydrogen-bond acceptors (Lipinski definition) is 7. The summed E-state index contributed by atoms with van der Waals surface area (Å²) in [5.41, 5.74) is 0.792. The number of imide groups is 1. The summed E-state index contributed by atoms with van der Waals surface area (Å²) in [6, 6.07) is 8.21. The predicted octanol–water partition coefficient (Wildman–Crippen LogP) is -0.176. The van der Waals surface area contributed by atoms with Crippen LogP contribution >= 0.6 is 0 Å². The summed E-state index contributed by atoms with van der Waals surface area (Å²) in [7, 11) is 1.18. The normalized spacial score (nSPS) is 13.4. The van der Waals surface area contributed by atoms with Crippen molar-refractivity contribution in [1.82, 2.24) is 20.5 Å². The summed E-state index contributed by atoms with van der Waals surface area (Å²) in [5.74, 6) is -3.24. The minimum absolute atomic E-state index is 0.218. The van der Waals surface area contributed by atoms with Crippen LogP contribution in [0, 0.1) is 0 Å². The van der Waals surface area contributed by atoms with E-state index in [0.717, 1.165) is 4.90 Å². The Labute approximate surface area is 171 Å². The highest BCUT2D eigenvalue weighted by Gasteiger charge is 2.37. The topological polar surface area (TPSA) is 135 Å². The van der Waals surface area contributed by atoms with E-state index < -0.39 is 42.2 Å². The maximum atomic E-state index is 12.6. The van der Waals surface area contributed by atoms with Gasteiger partial charge in [0.1, 0.15) is 19.1 Å². The van der Waals surface area contributed by atoms with Gasteiger partial charge in [0.25, 0.3) is 11.8 Å². The van der Waals surface area contributed by atoms with Crippen LogP contribution in [0.25, 0.3) is 0 Å². The second kappa shape index (κ2) is 8.95. The number of carbonyl (C=O) groups is 5. The molecule has 1 aliphatic heterocycles. The second-order valence-corrected chi connectivity index (χ2v) is 6.32. The number of carbonyl (C=O) groups excluding carboxylic acids is 5. The Kier molecular flexibility index (Phi) is 6.16. The van der Waals surface area contributed by atoms with Crippen LogP contribution < -0.4 is 10.6 Å². The molecule has 0 saturated carbocycles. The quantitative estimate of drug-likeness (QED) is 0.478. The molecule has 2 heterocycles. The van der Waals surface area contributed by atoms with Crippen molar-refractivity contribution in [3.63, 3.8) is 0 Å². The summed E-state index contributed by atoms with van der Waals surface area (Å²) < 4.78 is 4.48. The standard InChI is InChI=1S/C20H18N4O6/c1-30-16(26)10-22-18(27)17(12-5-4-8-21-9-12)23-15(25)11-24-19(28)13-6-2-3-7-14(13)20(24)29/h2-9,17H,10-11H2,1H3,(H,22,27)(H,23,25)/t17-/m1/s1. The lowest BCUT2D eigenvalue weighted by Crippen LogP contribution is -2.46. The van der Waals surface area contributed by atoms with Gasteiger partial charge in [-0.2, -0.15) is 0 Å². The average Bonchev–Trinajstić information content (AvgIpc) is 3.01. The number of hydrogen-bond donors (Lipinski definition) is 2. The van der Waals surface area contributed by atoms with Crippen molar-refractivity contribution < 1.29 is 28.7 Å². The number of pyridine rings is 1. The monoisotopic (exact) mass is 410 g/mol. The Bertz CT molecular complexity index is 972. The van der Waals surface area contributed by atoms with E-state index in [1.165, 1.54) is 31.6 Å². The Hall–Kier alpha value is -4.08. The van der Waals surface area contributed by atoms with E-state index in [9.17, 15) is 24.0 Å². The number of nitrogens with zero attached hydrogens (tertiary/aromatic N) is 2. The molecule has 0 radical (unpaired) electrons. The number of rotatable bonds is 7. The first-order valence-electron chi connectivity index (χ1n) is 8.91. The molecule has 1 aliphatic rings. The van der Waals surface area contributed by atoms with Gasteiger partial charge in [-0.05, 0) is 18.2 Å². The van der Waals surface area contributed by atoms with Crippen LogP contribution in [0.15, 0.2) is 48.8 Å². The van der Waals surface area contributed by atoms with Crippen molar-refractivity contribution in [3.05, 3.63) is 65.5 Å². The Morgan fingerprint density at radius 2 is 1.73 bits per heavy atom. The van der Waals surface area contributed by atoms with Crippen molar-refractivity contribution in [2.45, 2.75) is 6.04 Å². The molecule has 10 nitrogen and oxygen atoms in total. The van der Waals surface area contributed by atoms with Gasteiger partial charge in [0.05, 0.1) is 18.2 Å². The molecule has 10 heteroatoms. The highest BCUT2D eigenvalue weighted by atomic mass is 16.5. The van der Waals surface area contributed by atoms with Gasteiger partial charge in [-0.15, -0.1) is 0 Å². The van der Waals surface area contributed by atoms with Gasteiger partial charge in [-0.1, -0.05) is 18.2 Å². The third kappa shape index (κ3) is 4.32. The molecular formula is C20H18N4O6. The Morgan fingerprint density at radius 1 is 1.07 bits per heavy atom. The van der Waals surface area contributed by atoms with Gasteiger partial charge in [0, 0.05) is 18.0 Å². The van der Waals surface area contributed by atoms with Gasteiger partial charge in [-0.3, -0.25) is 33.9 Å². The van der Waals surface area contributed by atoms with Crippen molar-refractivity contribution >= 4 is 29.6 Å². The number of benzene rings is 1. The fraction of sp³-hybridized carbons (Fsp3) is 0.200. The van der Waals surface area contributed by atoms with E-state index in [-0.39, 0.29) is 17.7 Å². The number of methoxy groups -OCH3 is 1. The number of esters is 1. The first-order chi connectivity index (χ1) is 14.4. The number of nitrogens with one attached hydrogen (secondary N) is 2. The molecular weight excluding hydrogens is 392 g/mol. The van der Waals surface area contributed by atoms with Gasteiger partial charge < -0.3 is 15.4 Å². The van der Waals surface area contributed by atoms with Crippen molar-refractivity contribution in [1.29, 1.82) is 0 Å². The first kappa shape index (κ1) is 20.6. The molecule has 3 rings (SSSR count). The largest absolute Gasteiger partial charge is 0.468 e. The van der Waals surface area contributed by atoms with E-state index in [1.54, 1.807) is 24.3 Å². The summed E-state index contributed by atoms with van der Waals surface area (Å²) in [6.45, 7) is -0.951. The molecule has 1 aromatic heterocycles. The molecule has 0 aliphatic carbocycles. The summed E-state index contributed by atoms with van der Waals surface area (Å²) in [5, 5.41) is 4.84. The fourth-order valence-electron chi connectivity index (χ4n) is 2.91. The third-order valence-electron chi connectivity index (χ3n) is 4.40. The lowest BCUT2D eigenvalue weighted by Gasteiger charge is -2.20. The van der Waals surface area contributed by atoms with Crippen LogP contribution in [-0.2, 0) is 19.1 Å². The second-order valence-electron chi connectivity index (χ2n) is 6.32. The molecule has 2 N–H and O–H groups in total. The minimum atomic E-state index is -1.19. The molecule has 0 fully saturated rings. The number of ether oxygens (including phenoxy) is 1. The first-order valence-corrected chi connectivity index (χ1v) is 8.91. The van der Waals surface area contributed by atoms with Crippen LogP contribution in [0.3, 0.4) is 0 Å². The lowest BCUT2D eigenvalue weighted by atomic mass is 10.1. The maximum absolute atomic E-state index is 12.6. The van der Waals surface area contributed by atoms with Crippen molar-refractivity contribution in [3.8, 4) is 0 Å². The van der Waals surface area contributed by atoms with Crippen LogP contribution in [0.4, 0.5) is 0 Å². The molecule has 30 heavy (non-hydrogen) atoms. The molecule has 2 aromatic rings. The molecule has 0 unspecified atom stereocenters. The smallest absolute Gasteiger partial charge is 0.325 e. The van der Waals surface area contributed by atoms with Gasteiger partial charge in [0.2, 0.25) is 11.8 Å². The Balaban J connectivity index is 1.72. The van der Waals surface area contributed by atoms with Gasteiger partial charge >= 0.3 is 5.97 Å². The Morgan fingerprint density at radius 3 is 2.30 bits per heavy atom. The molecule has 1 aromatic carbocycles. The number of aromatic nitrogens is 1. The predicted molar refractivity (Wildman–Crippen MR) is 102 cm³/mol. The number of amides is 4. The summed E-state index contributed by atoms with van der Waals surface area (Å²) in [6.07, 6.45) is 2.87. The molecule has 4 amide bonds. The van der Waals surface area contributed by atoms with Crippen LogP contribution in [-0.4, -0.2) is 59.7 Å². The lowest BCUT2D eigenvalue weighted by molar-refractivity contribution is -0.141.